The van der Waals surface area contributed by atoms with Crippen LogP contribution < -0.4 is 0 Å². The van der Waals surface area contributed by atoms with E-state index < -0.39 is 0 Å². The van der Waals surface area contributed by atoms with E-state index in [4.69, 9.17) is 14.0 Å². The summed E-state index contributed by atoms with van der Waals surface area (Å²) in [5.74, 6) is 1.22. The molecule has 1 atom stereocenters. The Hall–Kier alpha value is -1.83. The highest BCUT2D eigenvalue weighted by Gasteiger charge is 2.40. The van der Waals surface area contributed by atoms with Crippen LogP contribution >= 0.6 is 0 Å². The maximum absolute atomic E-state index is 6.13. The molecule has 2 saturated heterocycles. The molecule has 0 N–H and O–H groups in total. The third-order valence-electron chi connectivity index (χ3n) is 5.27. The third-order valence-corrected chi connectivity index (χ3v) is 5.27. The summed E-state index contributed by atoms with van der Waals surface area (Å²) in [6.45, 7) is 3.05. The highest BCUT2D eigenvalue weighted by Crippen LogP contribution is 2.36. The van der Waals surface area contributed by atoms with Crippen molar-refractivity contribution in [2.24, 2.45) is 0 Å². The fraction of sp³-hybridized carbons (Fsp3) is 0.611. The molecule has 7 heteroatoms. The molecular formula is C18H24N4O3. The standard InChI is InChI=1S/C18H24N4O3/c1-22(15-4-8-24-18(11-15)5-9-23-10-6-18)13-16-20-17(21-25-16)14-3-2-7-19-12-14/h2-3,7,12,15H,4-6,8-11,13H2,1H3/t15-/m1/s1. The van der Waals surface area contributed by atoms with Crippen LogP contribution in [0.2, 0.25) is 0 Å². The minimum Gasteiger partial charge on any atom is -0.381 e. The predicted octanol–water partition coefficient (Wildman–Crippen LogP) is 2.29. The van der Waals surface area contributed by atoms with E-state index in [1.807, 2.05) is 12.1 Å². The van der Waals surface area contributed by atoms with Gasteiger partial charge in [0.05, 0.1) is 12.1 Å². The molecule has 134 valence electrons. The molecule has 0 saturated carbocycles. The molecule has 0 bridgehead atoms. The first-order valence-corrected chi connectivity index (χ1v) is 8.89. The average Bonchev–Trinajstić information content (AvgIpc) is 3.12. The van der Waals surface area contributed by atoms with Gasteiger partial charge in [0.15, 0.2) is 0 Å². The van der Waals surface area contributed by atoms with Crippen LogP contribution in [0.25, 0.3) is 11.4 Å². The molecule has 0 aromatic carbocycles. The van der Waals surface area contributed by atoms with Gasteiger partial charge in [-0.2, -0.15) is 4.98 Å². The topological polar surface area (TPSA) is 73.5 Å². The van der Waals surface area contributed by atoms with E-state index >= 15 is 0 Å². The van der Waals surface area contributed by atoms with Crippen molar-refractivity contribution >= 4 is 0 Å². The number of nitrogens with zero attached hydrogens (tertiary/aromatic N) is 4. The van der Waals surface area contributed by atoms with Gasteiger partial charge in [-0.3, -0.25) is 9.88 Å². The number of pyridine rings is 1. The Morgan fingerprint density at radius 2 is 2.16 bits per heavy atom. The summed E-state index contributed by atoms with van der Waals surface area (Å²) >= 11 is 0. The molecular weight excluding hydrogens is 320 g/mol. The molecule has 2 aliphatic rings. The zero-order valence-corrected chi connectivity index (χ0v) is 14.6. The van der Waals surface area contributed by atoms with E-state index in [2.05, 4.69) is 27.1 Å². The molecule has 2 fully saturated rings. The zero-order valence-electron chi connectivity index (χ0n) is 14.6. The van der Waals surface area contributed by atoms with E-state index in [0.29, 0.717) is 24.3 Å². The molecule has 4 rings (SSSR count). The van der Waals surface area contributed by atoms with Crippen molar-refractivity contribution in [3.05, 3.63) is 30.4 Å². The second-order valence-corrected chi connectivity index (χ2v) is 6.96. The van der Waals surface area contributed by atoms with Crippen molar-refractivity contribution < 1.29 is 14.0 Å². The normalized spacial score (nSPS) is 23.2. The van der Waals surface area contributed by atoms with Crippen LogP contribution in [0.3, 0.4) is 0 Å². The van der Waals surface area contributed by atoms with Crippen molar-refractivity contribution in [3.8, 4) is 11.4 Å². The Labute approximate surface area is 147 Å². The maximum atomic E-state index is 6.13. The van der Waals surface area contributed by atoms with Crippen molar-refractivity contribution in [3.63, 3.8) is 0 Å². The van der Waals surface area contributed by atoms with E-state index in [-0.39, 0.29) is 5.60 Å². The third kappa shape index (κ3) is 3.73. The van der Waals surface area contributed by atoms with E-state index in [1.165, 1.54) is 0 Å². The summed E-state index contributed by atoms with van der Waals surface area (Å²) in [4.78, 5) is 10.9. The molecule has 7 nitrogen and oxygen atoms in total. The molecule has 2 aromatic heterocycles. The number of ether oxygens (including phenoxy) is 2. The highest BCUT2D eigenvalue weighted by molar-refractivity contribution is 5.51. The van der Waals surface area contributed by atoms with Gasteiger partial charge in [0.25, 0.3) is 0 Å². The summed E-state index contributed by atoms with van der Waals surface area (Å²) in [7, 11) is 2.12. The van der Waals surface area contributed by atoms with Gasteiger partial charge in [0.1, 0.15) is 0 Å². The Morgan fingerprint density at radius 1 is 1.28 bits per heavy atom. The molecule has 2 aromatic rings. The van der Waals surface area contributed by atoms with E-state index in [0.717, 1.165) is 51.1 Å². The van der Waals surface area contributed by atoms with Gasteiger partial charge in [0.2, 0.25) is 11.7 Å². The molecule has 0 radical (unpaired) electrons. The number of aromatic nitrogens is 3. The number of hydrogen-bond acceptors (Lipinski definition) is 7. The van der Waals surface area contributed by atoms with Crippen LogP contribution in [0, 0.1) is 0 Å². The summed E-state index contributed by atoms with van der Waals surface area (Å²) in [5, 5.41) is 4.07. The lowest BCUT2D eigenvalue weighted by Gasteiger charge is -2.45. The summed E-state index contributed by atoms with van der Waals surface area (Å²) in [6, 6.07) is 4.26. The maximum Gasteiger partial charge on any atom is 0.241 e. The summed E-state index contributed by atoms with van der Waals surface area (Å²) in [6.07, 6.45) is 7.52. The zero-order chi connectivity index (χ0) is 17.1. The molecule has 0 aliphatic carbocycles. The lowest BCUT2D eigenvalue weighted by molar-refractivity contribution is -0.150. The first kappa shape index (κ1) is 16.6. The first-order chi connectivity index (χ1) is 12.2. The van der Waals surface area contributed by atoms with E-state index in [9.17, 15) is 0 Å². The largest absolute Gasteiger partial charge is 0.381 e. The van der Waals surface area contributed by atoms with Crippen LogP contribution in [0.4, 0.5) is 0 Å². The fourth-order valence-electron chi connectivity index (χ4n) is 3.74. The van der Waals surface area contributed by atoms with Gasteiger partial charge in [-0.05, 0) is 44.9 Å². The molecule has 25 heavy (non-hydrogen) atoms. The fourth-order valence-corrected chi connectivity index (χ4v) is 3.74. The molecule has 4 heterocycles. The number of hydrogen-bond donors (Lipinski definition) is 0. The number of rotatable bonds is 4. The van der Waals surface area contributed by atoms with Crippen LogP contribution in [-0.2, 0) is 16.0 Å². The van der Waals surface area contributed by atoms with Gasteiger partial charge in [-0.1, -0.05) is 5.16 Å². The predicted molar refractivity (Wildman–Crippen MR) is 90.8 cm³/mol. The Morgan fingerprint density at radius 3 is 2.96 bits per heavy atom. The summed E-state index contributed by atoms with van der Waals surface area (Å²) < 4.78 is 17.1. The van der Waals surface area contributed by atoms with Crippen molar-refractivity contribution in [1.82, 2.24) is 20.0 Å². The van der Waals surface area contributed by atoms with Crippen LogP contribution in [0.5, 0.6) is 0 Å². The monoisotopic (exact) mass is 344 g/mol. The van der Waals surface area contributed by atoms with Crippen LogP contribution in [0.1, 0.15) is 31.6 Å². The Kier molecular flexibility index (Phi) is 4.78. The Bertz CT molecular complexity index is 679. The molecule has 0 unspecified atom stereocenters. The van der Waals surface area contributed by atoms with Crippen LogP contribution in [0.15, 0.2) is 29.0 Å². The van der Waals surface area contributed by atoms with Crippen molar-refractivity contribution in [1.29, 1.82) is 0 Å². The Balaban J connectivity index is 1.40. The second-order valence-electron chi connectivity index (χ2n) is 6.96. The van der Waals surface area contributed by atoms with E-state index in [1.54, 1.807) is 12.4 Å². The molecule has 0 amide bonds. The molecule has 1 spiro atoms. The van der Waals surface area contributed by atoms with Gasteiger partial charge in [-0.15, -0.1) is 0 Å². The lowest BCUT2D eigenvalue weighted by Crippen LogP contribution is -2.50. The lowest BCUT2D eigenvalue weighted by atomic mass is 9.83. The highest BCUT2D eigenvalue weighted by atomic mass is 16.5. The second kappa shape index (κ2) is 7.19. The van der Waals surface area contributed by atoms with Crippen LogP contribution in [-0.4, -0.2) is 58.5 Å². The van der Waals surface area contributed by atoms with Crippen molar-refractivity contribution in [2.75, 3.05) is 26.9 Å². The van der Waals surface area contributed by atoms with Gasteiger partial charge in [0, 0.05) is 43.8 Å². The van der Waals surface area contributed by atoms with Gasteiger partial charge in [-0.25, -0.2) is 0 Å². The minimum atomic E-state index is -0.00879. The first-order valence-electron chi connectivity index (χ1n) is 8.89. The molecule has 2 aliphatic heterocycles. The minimum absolute atomic E-state index is 0.00879. The quantitative estimate of drug-likeness (QED) is 0.842. The smallest absolute Gasteiger partial charge is 0.241 e. The van der Waals surface area contributed by atoms with Gasteiger partial charge < -0.3 is 14.0 Å². The SMILES string of the molecule is CN(Cc1nc(-c2cccnc2)no1)[C@@H]1CCOC2(CCOCC2)C1. The van der Waals surface area contributed by atoms with Crippen molar-refractivity contribution in [2.45, 2.75) is 43.9 Å². The average molecular weight is 344 g/mol. The summed E-state index contributed by atoms with van der Waals surface area (Å²) in [5.41, 5.74) is 0.859. The van der Waals surface area contributed by atoms with Gasteiger partial charge >= 0.3 is 0 Å².